The number of aryl methyl sites for hydroxylation is 3. The van der Waals surface area contributed by atoms with Gasteiger partial charge in [0.05, 0.1) is 28.0 Å². The quantitative estimate of drug-likeness (QED) is 0.130. The number of rotatable bonds is 3. The number of hydrogen-bond acceptors (Lipinski definition) is 5. The normalized spacial score (nSPS) is 14.4. The van der Waals surface area contributed by atoms with E-state index in [-0.39, 0.29) is 42.6 Å². The minimum absolute atomic E-state index is 0. The molecule has 56 heavy (non-hydrogen) atoms. The molecule has 0 unspecified atom stereocenters. The number of fused-ring (bicyclic) bond motifs is 10. The van der Waals surface area contributed by atoms with Crippen molar-refractivity contribution in [2.45, 2.75) is 20.6 Å². The average molecular weight is 909 g/mol. The molecule has 5 heterocycles. The second-order valence-electron chi connectivity index (χ2n) is 13.1. The van der Waals surface area contributed by atoms with Crippen LogP contribution in [0.4, 0.5) is 0 Å². The Morgan fingerprint density at radius 1 is 0.643 bits per heavy atom. The fourth-order valence-electron chi connectivity index (χ4n) is 7.34. The van der Waals surface area contributed by atoms with Crippen molar-refractivity contribution in [2.24, 2.45) is 0 Å². The number of imidazole rings is 1. The molecular weight excluding hydrogens is 867 g/mol. The van der Waals surface area contributed by atoms with E-state index in [1.165, 1.54) is 30.5 Å². The van der Waals surface area contributed by atoms with Crippen LogP contribution in [0.25, 0.3) is 93.9 Å². The van der Waals surface area contributed by atoms with Gasteiger partial charge in [-0.25, -0.2) is 4.98 Å². The van der Waals surface area contributed by atoms with E-state index in [0.29, 0.717) is 28.2 Å². The summed E-state index contributed by atoms with van der Waals surface area (Å²) in [5.41, 5.74) is 6.60. The van der Waals surface area contributed by atoms with Crippen LogP contribution < -0.4 is 0 Å². The maximum atomic E-state index is 7.82. The van der Waals surface area contributed by atoms with Crippen LogP contribution in [0.3, 0.4) is 0 Å². The van der Waals surface area contributed by atoms with Crippen LogP contribution in [0.15, 0.2) is 150 Å². The summed E-state index contributed by atoms with van der Waals surface area (Å²) in [6.45, 7) is -6.68. The Labute approximate surface area is 349 Å². The summed E-state index contributed by atoms with van der Waals surface area (Å²) in [4.78, 5) is 18.5. The Balaban J connectivity index is 0.000000215. The molecule has 11 rings (SSSR count). The van der Waals surface area contributed by atoms with E-state index in [1.54, 1.807) is 18.2 Å². The van der Waals surface area contributed by atoms with Gasteiger partial charge in [-0.1, -0.05) is 84.5 Å². The number of para-hydroxylation sites is 2. The van der Waals surface area contributed by atoms with Crippen molar-refractivity contribution in [3.8, 4) is 28.3 Å². The first kappa shape index (κ1) is 26.3. The first-order chi connectivity index (χ1) is 30.6. The third-order valence-corrected chi connectivity index (χ3v) is 9.77. The van der Waals surface area contributed by atoms with E-state index in [0.717, 1.165) is 59.9 Å². The molecule has 0 atom stereocenters. The van der Waals surface area contributed by atoms with Crippen molar-refractivity contribution in [3.05, 3.63) is 175 Å². The molecule has 0 aliphatic carbocycles. The molecule has 6 nitrogen and oxygen atoms in total. The molecule has 1 radical (unpaired) electrons. The predicted molar refractivity (Wildman–Crippen MR) is 223 cm³/mol. The van der Waals surface area contributed by atoms with E-state index in [2.05, 4.69) is 81.3 Å². The zero-order valence-corrected chi connectivity index (χ0v) is 31.7. The zero-order valence-electron chi connectivity index (χ0n) is 38.3. The summed E-state index contributed by atoms with van der Waals surface area (Å²) in [6, 6.07) is 47.8. The maximum Gasteiger partial charge on any atom is 0.216 e. The molecule has 7 heteroatoms. The number of furan rings is 1. The van der Waals surface area contributed by atoms with Gasteiger partial charge in [0, 0.05) is 72.4 Å². The number of hydrogen-bond donors (Lipinski definition) is 0. The molecule has 0 spiro atoms. The van der Waals surface area contributed by atoms with Gasteiger partial charge in [-0.05, 0) is 77.5 Å². The molecule has 0 aliphatic heterocycles. The molecule has 5 aromatic heterocycles. The van der Waals surface area contributed by atoms with E-state index < -0.39 is 20.6 Å². The van der Waals surface area contributed by atoms with E-state index in [9.17, 15) is 0 Å². The Bertz CT molecular complexity index is 3480. The summed E-state index contributed by atoms with van der Waals surface area (Å²) in [5, 5.41) is 7.05. The SMILES string of the molecule is [2H]C([2H])([2H])c1c[c-]c(-c2ccc(C([2H])([2H])[2H])cn2)cc1.[2H]C([2H])([2H])c1ccc2c(n1)oc1c(-c3nc4ccccc4n3-c3cccc4c5ccccc5c5cccnc5c34)[c-]ccc12.[Ir]. The monoisotopic (exact) mass is 909 g/mol. The molecule has 0 N–H and O–H groups in total. The standard InChI is InChI=1S/C36H21N4O.C13H12N.Ir/c1-21-18-19-27-26-12-6-13-28(34(26)41-36(27)38-21)35-39-29-15-4-5-16-30(29)40(35)31-17-7-11-24-22-9-2-3-10-23(22)25-14-8-20-37-33(25)32(24)31;1-10-3-6-12(7-4-10)13-8-5-11(2)9-14-13;/h2-12,14-20H,1H3;3-6,8-9H,1-2H3;/q2*-1;/i1D3;1D3,2D3;. The van der Waals surface area contributed by atoms with Crippen LogP contribution in [0.2, 0.25) is 0 Å². The van der Waals surface area contributed by atoms with Crippen molar-refractivity contribution < 1.29 is 36.9 Å². The van der Waals surface area contributed by atoms with Gasteiger partial charge in [0.15, 0.2) is 0 Å². The van der Waals surface area contributed by atoms with Crippen molar-refractivity contribution in [3.63, 3.8) is 0 Å². The second kappa shape index (κ2) is 14.3. The smallest absolute Gasteiger partial charge is 0.216 e. The van der Waals surface area contributed by atoms with Crippen molar-refractivity contribution in [2.75, 3.05) is 0 Å². The van der Waals surface area contributed by atoms with Gasteiger partial charge in [-0.15, -0.1) is 53.6 Å². The van der Waals surface area contributed by atoms with Gasteiger partial charge in [0.2, 0.25) is 5.71 Å². The molecule has 6 aromatic carbocycles. The summed E-state index contributed by atoms with van der Waals surface area (Å²) >= 11 is 0. The van der Waals surface area contributed by atoms with Crippen LogP contribution in [0.5, 0.6) is 0 Å². The summed E-state index contributed by atoms with van der Waals surface area (Å²) in [5.74, 6) is 0.650. The molecular formula is C49H33IrN5O-2. The Morgan fingerprint density at radius 2 is 1.46 bits per heavy atom. The van der Waals surface area contributed by atoms with Crippen LogP contribution in [-0.4, -0.2) is 24.5 Å². The minimum Gasteiger partial charge on any atom is -0.486 e. The van der Waals surface area contributed by atoms with E-state index in [1.807, 2.05) is 42.6 Å². The first-order valence-electron chi connectivity index (χ1n) is 22.0. The van der Waals surface area contributed by atoms with Gasteiger partial charge < -0.3 is 14.0 Å². The van der Waals surface area contributed by atoms with Gasteiger partial charge in [0.1, 0.15) is 0 Å². The van der Waals surface area contributed by atoms with Gasteiger partial charge in [-0.2, -0.15) is 0 Å². The third kappa shape index (κ3) is 5.93. The second-order valence-corrected chi connectivity index (χ2v) is 13.1. The fourth-order valence-corrected chi connectivity index (χ4v) is 7.34. The van der Waals surface area contributed by atoms with Crippen molar-refractivity contribution in [1.82, 2.24) is 24.5 Å². The van der Waals surface area contributed by atoms with Gasteiger partial charge >= 0.3 is 0 Å². The Morgan fingerprint density at radius 3 is 2.29 bits per heavy atom. The molecule has 0 amide bonds. The number of aromatic nitrogens is 5. The Hall–Kier alpha value is -6.53. The number of benzene rings is 6. The molecule has 11 aromatic rings. The van der Waals surface area contributed by atoms with Gasteiger partial charge in [-0.3, -0.25) is 9.97 Å². The fraction of sp³-hybridized carbons (Fsp3) is 0.0612. The third-order valence-electron chi connectivity index (χ3n) is 9.77. The topological polar surface area (TPSA) is 69.6 Å². The minimum atomic E-state index is -2.34. The average Bonchev–Trinajstić information content (AvgIpc) is 3.87. The molecule has 0 aliphatic rings. The number of pyridine rings is 3. The van der Waals surface area contributed by atoms with E-state index >= 15 is 0 Å². The summed E-state index contributed by atoms with van der Waals surface area (Å²) in [7, 11) is 0. The molecule has 0 bridgehead atoms. The van der Waals surface area contributed by atoms with Crippen molar-refractivity contribution >= 4 is 65.6 Å². The number of nitrogens with zero attached hydrogens (tertiary/aromatic N) is 5. The molecule has 0 saturated carbocycles. The van der Waals surface area contributed by atoms with E-state index in [4.69, 9.17) is 26.7 Å². The van der Waals surface area contributed by atoms with Crippen LogP contribution in [0, 0.1) is 32.7 Å². The largest absolute Gasteiger partial charge is 0.486 e. The Kier molecular flexibility index (Phi) is 6.71. The summed E-state index contributed by atoms with van der Waals surface area (Å²) < 4.78 is 75.6. The van der Waals surface area contributed by atoms with Crippen LogP contribution in [0.1, 0.15) is 29.2 Å². The molecule has 0 saturated heterocycles. The van der Waals surface area contributed by atoms with Crippen LogP contribution in [-0.2, 0) is 20.1 Å². The van der Waals surface area contributed by atoms with Crippen LogP contribution >= 0.6 is 0 Å². The predicted octanol–water partition coefficient (Wildman–Crippen LogP) is 12.1. The molecule has 271 valence electrons. The molecule has 0 fully saturated rings. The van der Waals surface area contributed by atoms with Crippen molar-refractivity contribution in [1.29, 1.82) is 0 Å². The zero-order chi connectivity index (χ0) is 44.5. The maximum absolute atomic E-state index is 7.82. The first-order valence-corrected chi connectivity index (χ1v) is 17.5. The van der Waals surface area contributed by atoms with Gasteiger partial charge in [0.25, 0.3) is 0 Å². The summed E-state index contributed by atoms with van der Waals surface area (Å²) in [6.07, 6.45) is 3.14.